The van der Waals surface area contributed by atoms with Gasteiger partial charge in [0.05, 0.1) is 5.39 Å². The third kappa shape index (κ3) is 3.51. The number of carbonyl (C=O) groups excluding carboxylic acids is 1. The van der Waals surface area contributed by atoms with Gasteiger partial charge in [0.2, 0.25) is 0 Å². The fourth-order valence-electron chi connectivity index (χ4n) is 3.64. The normalized spacial score (nSPS) is 18.5. The molecule has 0 spiro atoms. The molecule has 1 fully saturated rings. The van der Waals surface area contributed by atoms with E-state index in [4.69, 9.17) is 0 Å². The van der Waals surface area contributed by atoms with E-state index in [-0.39, 0.29) is 17.2 Å². The first-order chi connectivity index (χ1) is 13.2. The molecule has 0 radical (unpaired) electrons. The summed E-state index contributed by atoms with van der Waals surface area (Å²) in [6.45, 7) is 0. The van der Waals surface area contributed by atoms with Gasteiger partial charge < -0.3 is 0 Å². The number of fused-ring (bicyclic) bond motifs is 1. The maximum atomic E-state index is 12.7. The highest BCUT2D eigenvalue weighted by Gasteiger charge is 2.23. The van der Waals surface area contributed by atoms with Crippen molar-refractivity contribution < 1.29 is 4.79 Å². The molecule has 6 heteroatoms. The van der Waals surface area contributed by atoms with Gasteiger partial charge in [-0.25, -0.2) is 10.5 Å². The maximum Gasteiger partial charge on any atom is 0.292 e. The van der Waals surface area contributed by atoms with Crippen LogP contribution in [0, 0.1) is 0 Å². The summed E-state index contributed by atoms with van der Waals surface area (Å²) < 4.78 is 0. The van der Waals surface area contributed by atoms with E-state index in [0.717, 1.165) is 31.4 Å². The summed E-state index contributed by atoms with van der Waals surface area (Å²) in [5.74, 6) is -0.201. The Hall–Kier alpha value is -3.28. The minimum Gasteiger partial charge on any atom is -0.267 e. The van der Waals surface area contributed by atoms with Gasteiger partial charge in [0, 0.05) is 17.0 Å². The van der Waals surface area contributed by atoms with Crippen molar-refractivity contribution in [2.75, 3.05) is 0 Å². The topological polar surface area (TPSA) is 87.2 Å². The number of nitrogens with one attached hydrogen (secondary N) is 2. The number of benzene rings is 2. The van der Waals surface area contributed by atoms with Gasteiger partial charge in [-0.1, -0.05) is 55.0 Å². The van der Waals surface area contributed by atoms with Gasteiger partial charge in [-0.15, -0.1) is 0 Å². The Labute approximate surface area is 156 Å². The van der Waals surface area contributed by atoms with Crippen molar-refractivity contribution in [2.24, 2.45) is 5.10 Å². The molecule has 1 heterocycles. The molecule has 1 aromatic heterocycles. The lowest BCUT2D eigenvalue weighted by Gasteiger charge is -2.24. The van der Waals surface area contributed by atoms with Gasteiger partial charge >= 0.3 is 0 Å². The first kappa shape index (κ1) is 17.1. The van der Waals surface area contributed by atoms with Gasteiger partial charge in [0.1, 0.15) is 0 Å². The molecule has 0 bridgehead atoms. The highest BCUT2D eigenvalue weighted by molar-refractivity contribution is 6.05. The zero-order chi connectivity index (χ0) is 18.6. The number of rotatable bonds is 3. The zero-order valence-electron chi connectivity index (χ0n) is 14.8. The molecule has 1 aliphatic carbocycles. The number of hydrazone groups is 1. The van der Waals surface area contributed by atoms with Crippen molar-refractivity contribution in [3.8, 4) is 0 Å². The molecule has 136 valence electrons. The largest absolute Gasteiger partial charge is 0.292 e. The minimum absolute atomic E-state index is 0.168. The summed E-state index contributed by atoms with van der Waals surface area (Å²) in [5.41, 5.74) is 4.70. The van der Waals surface area contributed by atoms with Crippen LogP contribution in [-0.4, -0.2) is 21.8 Å². The number of hydrogen-bond donors (Lipinski definition) is 2. The number of hydrogen-bond acceptors (Lipinski definition) is 4. The van der Waals surface area contributed by atoms with Crippen LogP contribution in [0.4, 0.5) is 0 Å². The van der Waals surface area contributed by atoms with Crippen molar-refractivity contribution in [1.29, 1.82) is 0 Å². The first-order valence-electron chi connectivity index (χ1n) is 9.13. The van der Waals surface area contributed by atoms with Crippen molar-refractivity contribution in [3.05, 3.63) is 76.2 Å². The molecule has 1 aliphatic rings. The quantitative estimate of drug-likeness (QED) is 0.702. The Morgan fingerprint density at radius 1 is 1.04 bits per heavy atom. The molecule has 27 heavy (non-hydrogen) atoms. The van der Waals surface area contributed by atoms with Crippen molar-refractivity contribution in [1.82, 2.24) is 15.6 Å². The Morgan fingerprint density at radius 3 is 2.59 bits per heavy atom. The van der Waals surface area contributed by atoms with Gasteiger partial charge in [-0.05, 0) is 30.9 Å². The molecule has 1 atom stereocenters. The summed E-state index contributed by atoms with van der Waals surface area (Å²) in [6, 6.07) is 17.2. The Balaban J connectivity index is 1.61. The molecular weight excluding hydrogens is 340 g/mol. The predicted molar refractivity (Wildman–Crippen MR) is 105 cm³/mol. The number of carbonyl (C=O) groups is 1. The second-order valence-electron chi connectivity index (χ2n) is 6.70. The molecule has 6 nitrogen and oxygen atoms in total. The molecule has 1 saturated carbocycles. The van der Waals surface area contributed by atoms with E-state index < -0.39 is 5.91 Å². The predicted octanol–water partition coefficient (Wildman–Crippen LogP) is 3.37. The van der Waals surface area contributed by atoms with Crippen LogP contribution in [0.2, 0.25) is 0 Å². The highest BCUT2D eigenvalue weighted by Crippen LogP contribution is 2.30. The third-order valence-electron chi connectivity index (χ3n) is 4.99. The van der Waals surface area contributed by atoms with Crippen LogP contribution in [-0.2, 0) is 0 Å². The third-order valence-corrected chi connectivity index (χ3v) is 4.99. The molecule has 0 saturated heterocycles. The maximum absolute atomic E-state index is 12.7. The van der Waals surface area contributed by atoms with Gasteiger partial charge in [0.25, 0.3) is 11.5 Å². The summed E-state index contributed by atoms with van der Waals surface area (Å²) in [7, 11) is 0. The van der Waals surface area contributed by atoms with Crippen LogP contribution in [0.25, 0.3) is 10.8 Å². The van der Waals surface area contributed by atoms with Crippen LogP contribution >= 0.6 is 0 Å². The molecule has 2 aromatic carbocycles. The van der Waals surface area contributed by atoms with Crippen molar-refractivity contribution in [2.45, 2.75) is 31.6 Å². The van der Waals surface area contributed by atoms with E-state index in [1.165, 1.54) is 5.56 Å². The molecule has 4 rings (SSSR count). The van der Waals surface area contributed by atoms with Crippen LogP contribution in [0.1, 0.15) is 47.7 Å². The standard InChI is InChI=1S/C21H20N4O2/c26-20-17-12-5-4-11-16(17)19(23-24-20)21(27)25-22-18-13-7-6-10-15(18)14-8-2-1-3-9-14/h1-5,8-9,11-12,15H,6-7,10,13H2,(H,24,26)(H,25,27)/b22-18-/t15-/m1/s1. The van der Waals surface area contributed by atoms with Gasteiger partial charge in [-0.2, -0.15) is 10.2 Å². The van der Waals surface area contributed by atoms with E-state index in [1.54, 1.807) is 24.3 Å². The van der Waals surface area contributed by atoms with E-state index in [0.29, 0.717) is 10.8 Å². The minimum atomic E-state index is -0.424. The molecule has 2 N–H and O–H groups in total. The number of aromatic nitrogens is 2. The van der Waals surface area contributed by atoms with Gasteiger partial charge in [0.15, 0.2) is 5.69 Å². The molecule has 3 aromatic rings. The van der Waals surface area contributed by atoms with Gasteiger partial charge in [-0.3, -0.25) is 9.59 Å². The van der Waals surface area contributed by atoms with E-state index in [9.17, 15) is 9.59 Å². The molecule has 0 unspecified atom stereocenters. The Bertz CT molecular complexity index is 1060. The fraction of sp³-hybridized carbons (Fsp3) is 0.238. The summed E-state index contributed by atoms with van der Waals surface area (Å²) in [4.78, 5) is 24.5. The number of nitrogens with zero attached hydrogens (tertiary/aromatic N) is 2. The zero-order valence-corrected chi connectivity index (χ0v) is 14.8. The van der Waals surface area contributed by atoms with E-state index in [2.05, 4.69) is 32.9 Å². The first-order valence-corrected chi connectivity index (χ1v) is 9.13. The molecular formula is C21H20N4O2. The van der Waals surface area contributed by atoms with Crippen LogP contribution in [0.5, 0.6) is 0 Å². The average molecular weight is 360 g/mol. The Kier molecular flexibility index (Phi) is 4.78. The second-order valence-corrected chi connectivity index (χ2v) is 6.70. The monoisotopic (exact) mass is 360 g/mol. The smallest absolute Gasteiger partial charge is 0.267 e. The number of aromatic amines is 1. The average Bonchev–Trinajstić information content (AvgIpc) is 2.73. The SMILES string of the molecule is O=C(N/N=C1/CCCC[C@@H]1c1ccccc1)c1n[nH]c(=O)c2ccccc12. The highest BCUT2D eigenvalue weighted by atomic mass is 16.2. The Morgan fingerprint density at radius 2 is 1.78 bits per heavy atom. The van der Waals surface area contributed by atoms with Crippen LogP contribution < -0.4 is 11.0 Å². The summed E-state index contributed by atoms with van der Waals surface area (Å²) >= 11 is 0. The van der Waals surface area contributed by atoms with Crippen LogP contribution in [0.15, 0.2) is 64.5 Å². The molecule has 0 aliphatic heterocycles. The number of H-pyrrole nitrogens is 1. The lowest BCUT2D eigenvalue weighted by Crippen LogP contribution is -2.26. The van der Waals surface area contributed by atoms with E-state index >= 15 is 0 Å². The van der Waals surface area contributed by atoms with Crippen LogP contribution in [0.3, 0.4) is 0 Å². The fourth-order valence-corrected chi connectivity index (χ4v) is 3.64. The van der Waals surface area contributed by atoms with Crippen molar-refractivity contribution in [3.63, 3.8) is 0 Å². The number of amides is 1. The second kappa shape index (κ2) is 7.53. The summed E-state index contributed by atoms with van der Waals surface area (Å²) in [6.07, 6.45) is 4.11. The molecule has 1 amide bonds. The summed E-state index contributed by atoms with van der Waals surface area (Å²) in [5, 5.41) is 11.7. The lowest BCUT2D eigenvalue weighted by molar-refractivity contribution is 0.0950. The van der Waals surface area contributed by atoms with E-state index in [1.807, 2.05) is 18.2 Å². The lowest BCUT2D eigenvalue weighted by atomic mass is 9.82. The van der Waals surface area contributed by atoms with Crippen molar-refractivity contribution >= 4 is 22.4 Å².